The number of carboxylic acid groups (broad SMARTS) is 1. The summed E-state index contributed by atoms with van der Waals surface area (Å²) in [6, 6.07) is 5.45. The molecule has 0 aliphatic carbocycles. The van der Waals surface area contributed by atoms with Gasteiger partial charge < -0.3 is 5.11 Å². The third-order valence-electron chi connectivity index (χ3n) is 3.59. The molecule has 1 aromatic carbocycles. The molecule has 3 N–H and O–H groups in total. The molecule has 1 saturated heterocycles. The number of amides is 1. The van der Waals surface area contributed by atoms with Gasteiger partial charge in [0.25, 0.3) is 5.91 Å². The summed E-state index contributed by atoms with van der Waals surface area (Å²) in [6.07, 6.45) is 0.803. The third-order valence-corrected chi connectivity index (χ3v) is 5.91. The highest BCUT2D eigenvalue weighted by molar-refractivity contribution is 7.98. The number of carboxylic acids is 1. The monoisotopic (exact) mass is 407 g/mol. The van der Waals surface area contributed by atoms with Gasteiger partial charge in [-0.15, -0.1) is 0 Å². The van der Waals surface area contributed by atoms with Crippen molar-refractivity contribution in [1.29, 1.82) is 0 Å². The molecular weight excluding hydrogens is 390 g/mol. The fourth-order valence-corrected chi connectivity index (χ4v) is 4.15. The Bertz CT molecular complexity index is 741. The minimum atomic E-state index is -4.05. The highest BCUT2D eigenvalue weighted by Crippen LogP contribution is 2.19. The summed E-state index contributed by atoms with van der Waals surface area (Å²) < 4.78 is 27.2. The van der Waals surface area contributed by atoms with Crippen LogP contribution in [-0.4, -0.2) is 53.9 Å². The molecule has 1 fully saturated rings. The lowest BCUT2D eigenvalue weighted by molar-refractivity contribution is -0.140. The van der Waals surface area contributed by atoms with Crippen molar-refractivity contribution in [3.63, 3.8) is 0 Å². The number of nitrogens with one attached hydrogen (secondary N) is 2. The summed E-state index contributed by atoms with van der Waals surface area (Å²) in [5.74, 6) is -1.38. The SMILES string of the molecule is CSCC[C@H](N[C@H]1C(=O)NS(=O)(=O)N1Cc1ccc(Cl)cc1)C(=O)O. The van der Waals surface area contributed by atoms with Crippen LogP contribution < -0.4 is 10.0 Å². The second-order valence-electron chi connectivity index (χ2n) is 5.38. The normalized spacial score (nSPS) is 21.0. The molecular formula is C14H18ClN3O5S2. The number of carbonyl (C=O) groups excluding carboxylic acids is 1. The number of hydrogen-bond acceptors (Lipinski definition) is 6. The Balaban J connectivity index is 2.22. The van der Waals surface area contributed by atoms with Crippen molar-refractivity contribution in [2.75, 3.05) is 12.0 Å². The average Bonchev–Trinajstić information content (AvgIpc) is 2.74. The van der Waals surface area contributed by atoms with Gasteiger partial charge in [0, 0.05) is 11.6 Å². The molecule has 1 aliphatic rings. The van der Waals surface area contributed by atoms with Gasteiger partial charge in [0.2, 0.25) is 0 Å². The minimum absolute atomic E-state index is 0.0925. The van der Waals surface area contributed by atoms with E-state index in [1.54, 1.807) is 24.3 Å². The van der Waals surface area contributed by atoms with Gasteiger partial charge in [-0.1, -0.05) is 23.7 Å². The first-order valence-electron chi connectivity index (χ1n) is 7.30. The van der Waals surface area contributed by atoms with E-state index >= 15 is 0 Å². The maximum atomic E-state index is 12.2. The second kappa shape index (κ2) is 8.37. The second-order valence-corrected chi connectivity index (χ2v) is 8.43. The summed E-state index contributed by atoms with van der Waals surface area (Å²) >= 11 is 7.27. The van der Waals surface area contributed by atoms with E-state index in [9.17, 15) is 23.1 Å². The number of carbonyl (C=O) groups is 2. The zero-order chi connectivity index (χ0) is 18.6. The van der Waals surface area contributed by atoms with Crippen LogP contribution in [0.25, 0.3) is 0 Å². The van der Waals surface area contributed by atoms with Crippen molar-refractivity contribution < 1.29 is 23.1 Å². The zero-order valence-corrected chi connectivity index (χ0v) is 15.7. The van der Waals surface area contributed by atoms with Crippen molar-refractivity contribution in [3.05, 3.63) is 34.9 Å². The number of hydrogen-bond donors (Lipinski definition) is 3. The predicted molar refractivity (Wildman–Crippen MR) is 95.4 cm³/mol. The molecule has 0 unspecified atom stereocenters. The van der Waals surface area contributed by atoms with E-state index in [0.717, 1.165) is 4.31 Å². The molecule has 1 amide bonds. The van der Waals surface area contributed by atoms with Gasteiger partial charge in [-0.25, -0.2) is 4.72 Å². The van der Waals surface area contributed by atoms with Gasteiger partial charge in [0.1, 0.15) is 6.04 Å². The highest BCUT2D eigenvalue weighted by atomic mass is 35.5. The Hall–Kier alpha value is -1.33. The Morgan fingerprint density at radius 2 is 2.08 bits per heavy atom. The molecule has 1 heterocycles. The van der Waals surface area contributed by atoms with Gasteiger partial charge in [-0.3, -0.25) is 14.9 Å². The zero-order valence-electron chi connectivity index (χ0n) is 13.3. The van der Waals surface area contributed by atoms with Crippen molar-refractivity contribution in [3.8, 4) is 0 Å². The van der Waals surface area contributed by atoms with Crippen LogP contribution in [-0.2, 0) is 26.3 Å². The molecule has 25 heavy (non-hydrogen) atoms. The quantitative estimate of drug-likeness (QED) is 0.579. The maximum absolute atomic E-state index is 12.2. The van der Waals surface area contributed by atoms with Gasteiger partial charge in [0.05, 0.1) is 0 Å². The highest BCUT2D eigenvalue weighted by Gasteiger charge is 2.45. The number of halogens is 1. The lowest BCUT2D eigenvalue weighted by Crippen LogP contribution is -2.52. The Morgan fingerprint density at radius 1 is 1.44 bits per heavy atom. The number of aliphatic carboxylic acids is 1. The first kappa shape index (κ1) is 20.0. The Morgan fingerprint density at radius 3 is 2.64 bits per heavy atom. The lowest BCUT2D eigenvalue weighted by Gasteiger charge is -2.24. The van der Waals surface area contributed by atoms with E-state index < -0.39 is 34.3 Å². The molecule has 0 bridgehead atoms. The van der Waals surface area contributed by atoms with Gasteiger partial charge in [0.15, 0.2) is 6.17 Å². The van der Waals surface area contributed by atoms with Crippen LogP contribution in [0, 0.1) is 0 Å². The molecule has 2 atom stereocenters. The number of thioether (sulfide) groups is 1. The summed E-state index contributed by atoms with van der Waals surface area (Å²) in [6.45, 7) is -0.0925. The number of nitrogens with zero attached hydrogens (tertiary/aromatic N) is 1. The molecule has 0 saturated carbocycles. The first-order chi connectivity index (χ1) is 11.7. The predicted octanol–water partition coefficient (Wildman–Crippen LogP) is 0.639. The topological polar surface area (TPSA) is 116 Å². The molecule has 1 aliphatic heterocycles. The van der Waals surface area contributed by atoms with Crippen LogP contribution in [0.4, 0.5) is 0 Å². The van der Waals surface area contributed by atoms with E-state index in [-0.39, 0.29) is 13.0 Å². The third kappa shape index (κ3) is 5.08. The van der Waals surface area contributed by atoms with Crippen LogP contribution in [0.1, 0.15) is 12.0 Å². The molecule has 0 aromatic heterocycles. The van der Waals surface area contributed by atoms with Gasteiger partial charge >= 0.3 is 16.2 Å². The number of benzene rings is 1. The summed E-state index contributed by atoms with van der Waals surface area (Å²) in [5.41, 5.74) is 0.618. The van der Waals surface area contributed by atoms with Gasteiger partial charge in [-0.2, -0.15) is 24.5 Å². The molecule has 11 heteroatoms. The fourth-order valence-electron chi connectivity index (χ4n) is 2.32. The average molecular weight is 408 g/mol. The number of rotatable bonds is 8. The molecule has 1 aromatic rings. The molecule has 8 nitrogen and oxygen atoms in total. The standard InChI is InChI=1S/C14H18ClN3O5S2/c1-24-7-6-11(14(20)21)16-12-13(19)17-25(22,23)18(12)8-9-2-4-10(15)5-3-9/h2-5,11-12,16H,6-8H2,1H3,(H,17,19)(H,20,21)/t11-,12+/m0/s1. The summed E-state index contributed by atoms with van der Waals surface area (Å²) in [4.78, 5) is 23.4. The van der Waals surface area contributed by atoms with E-state index in [0.29, 0.717) is 16.3 Å². The van der Waals surface area contributed by atoms with E-state index in [1.165, 1.54) is 11.8 Å². The van der Waals surface area contributed by atoms with Crippen molar-refractivity contribution in [2.45, 2.75) is 25.2 Å². The van der Waals surface area contributed by atoms with Crippen LogP contribution in [0.3, 0.4) is 0 Å². The van der Waals surface area contributed by atoms with Crippen LogP contribution >= 0.6 is 23.4 Å². The minimum Gasteiger partial charge on any atom is -0.480 e. The van der Waals surface area contributed by atoms with E-state index in [2.05, 4.69) is 5.32 Å². The van der Waals surface area contributed by atoms with Gasteiger partial charge in [-0.05, 0) is 36.1 Å². The van der Waals surface area contributed by atoms with E-state index in [1.807, 2.05) is 11.0 Å². The van der Waals surface area contributed by atoms with Crippen molar-refractivity contribution in [1.82, 2.24) is 14.3 Å². The van der Waals surface area contributed by atoms with Crippen molar-refractivity contribution in [2.24, 2.45) is 0 Å². The Kier molecular flexibility index (Phi) is 6.69. The smallest absolute Gasteiger partial charge is 0.320 e. The fraction of sp³-hybridized carbons (Fsp3) is 0.429. The Labute approximate surface area is 155 Å². The largest absolute Gasteiger partial charge is 0.480 e. The van der Waals surface area contributed by atoms with Crippen LogP contribution in [0.2, 0.25) is 5.02 Å². The first-order valence-corrected chi connectivity index (χ1v) is 10.5. The summed E-state index contributed by atoms with van der Waals surface area (Å²) in [5, 5.41) is 12.4. The van der Waals surface area contributed by atoms with E-state index in [4.69, 9.17) is 11.6 Å². The lowest BCUT2D eigenvalue weighted by atomic mass is 10.2. The van der Waals surface area contributed by atoms with Crippen molar-refractivity contribution >= 4 is 45.4 Å². The maximum Gasteiger partial charge on any atom is 0.320 e. The van der Waals surface area contributed by atoms with Crippen LogP contribution in [0.15, 0.2) is 24.3 Å². The molecule has 0 radical (unpaired) electrons. The van der Waals surface area contributed by atoms with Crippen LogP contribution in [0.5, 0.6) is 0 Å². The molecule has 138 valence electrons. The molecule has 0 spiro atoms. The summed E-state index contributed by atoms with van der Waals surface area (Å²) in [7, 11) is -4.05. The molecule has 2 rings (SSSR count).